The van der Waals surface area contributed by atoms with Gasteiger partial charge in [-0.3, -0.25) is 4.79 Å². The van der Waals surface area contributed by atoms with Crippen molar-refractivity contribution in [2.45, 2.75) is 44.4 Å². The van der Waals surface area contributed by atoms with Crippen LogP contribution in [-0.4, -0.2) is 63.0 Å². The molecule has 3 rings (SSSR count). The zero-order valence-corrected chi connectivity index (χ0v) is 16.1. The van der Waals surface area contributed by atoms with E-state index in [1.54, 1.807) is 19.2 Å². The topological polar surface area (TPSA) is 60.0 Å². The molecule has 2 fully saturated rings. The molecule has 1 aliphatic carbocycles. The lowest BCUT2D eigenvalue weighted by Gasteiger charge is -2.34. The molecule has 1 aliphatic heterocycles. The first-order chi connectivity index (χ1) is 13.1. The van der Waals surface area contributed by atoms with Gasteiger partial charge in [0.05, 0.1) is 19.3 Å². The van der Waals surface area contributed by atoms with Crippen molar-refractivity contribution in [3.8, 4) is 5.75 Å². The lowest BCUT2D eigenvalue weighted by Crippen LogP contribution is -2.50. The largest absolute Gasteiger partial charge is 0.490 e. The van der Waals surface area contributed by atoms with Crippen LogP contribution in [0.3, 0.4) is 0 Å². The second-order valence-electron chi connectivity index (χ2n) is 7.10. The number of amides is 1. The highest BCUT2D eigenvalue weighted by Gasteiger charge is 2.40. The van der Waals surface area contributed by atoms with E-state index in [2.05, 4.69) is 5.32 Å². The van der Waals surface area contributed by atoms with Gasteiger partial charge in [0.25, 0.3) is 5.91 Å². The molecule has 2 aliphatic rings. The molecule has 1 amide bonds. The Morgan fingerprint density at radius 3 is 2.89 bits per heavy atom. The van der Waals surface area contributed by atoms with Gasteiger partial charge in [-0.2, -0.15) is 0 Å². The first-order valence-corrected chi connectivity index (χ1v) is 9.67. The maximum Gasteiger partial charge on any atom is 0.253 e. The molecule has 1 saturated carbocycles. The van der Waals surface area contributed by atoms with Gasteiger partial charge in [0.2, 0.25) is 0 Å². The van der Waals surface area contributed by atoms with E-state index >= 15 is 0 Å². The van der Waals surface area contributed by atoms with Crippen LogP contribution >= 0.6 is 0 Å². The molecule has 1 N–H and O–H groups in total. The molecule has 1 heterocycles. The Hall–Kier alpha value is -1.70. The van der Waals surface area contributed by atoms with Crippen LogP contribution in [0, 0.1) is 5.82 Å². The Balaban J connectivity index is 1.71. The summed E-state index contributed by atoms with van der Waals surface area (Å²) in [5.74, 6) is -0.175. The number of methoxy groups -OCH3 is 1. The van der Waals surface area contributed by atoms with E-state index in [0.717, 1.165) is 24.9 Å². The van der Waals surface area contributed by atoms with E-state index in [1.165, 1.54) is 6.07 Å². The summed E-state index contributed by atoms with van der Waals surface area (Å²) >= 11 is 0. The third kappa shape index (κ3) is 5.18. The van der Waals surface area contributed by atoms with E-state index in [9.17, 15) is 9.18 Å². The number of nitrogens with zero attached hydrogens (tertiary/aromatic N) is 1. The van der Waals surface area contributed by atoms with Gasteiger partial charge in [-0.15, -0.1) is 0 Å². The SMILES string of the molecule is COCCCOc1cc([C@H](C)N(C(=O)[C@H]2CNCCO2)C2CC2)ccc1F. The molecule has 1 aromatic carbocycles. The van der Waals surface area contributed by atoms with Crippen molar-refractivity contribution in [3.05, 3.63) is 29.6 Å². The van der Waals surface area contributed by atoms with Crippen molar-refractivity contribution in [2.75, 3.05) is 40.0 Å². The predicted molar refractivity (Wildman–Crippen MR) is 99.3 cm³/mol. The number of nitrogens with one attached hydrogen (secondary N) is 1. The van der Waals surface area contributed by atoms with Gasteiger partial charge in [0.15, 0.2) is 11.6 Å². The molecule has 27 heavy (non-hydrogen) atoms. The van der Waals surface area contributed by atoms with Crippen LogP contribution in [0.25, 0.3) is 0 Å². The highest BCUT2D eigenvalue weighted by Crippen LogP contribution is 2.36. The summed E-state index contributed by atoms with van der Waals surface area (Å²) < 4.78 is 30.3. The lowest BCUT2D eigenvalue weighted by molar-refractivity contribution is -0.148. The predicted octanol–water partition coefficient (Wildman–Crippen LogP) is 2.28. The first kappa shape index (κ1) is 20.0. The molecule has 7 heteroatoms. The average Bonchev–Trinajstić information content (AvgIpc) is 3.52. The Labute approximate surface area is 160 Å². The number of hydrogen-bond donors (Lipinski definition) is 1. The Morgan fingerprint density at radius 2 is 2.22 bits per heavy atom. The highest BCUT2D eigenvalue weighted by molar-refractivity contribution is 5.82. The first-order valence-electron chi connectivity index (χ1n) is 9.67. The summed E-state index contributed by atoms with van der Waals surface area (Å²) in [6.07, 6.45) is 2.23. The smallest absolute Gasteiger partial charge is 0.253 e. The van der Waals surface area contributed by atoms with Crippen LogP contribution < -0.4 is 10.1 Å². The van der Waals surface area contributed by atoms with Crippen LogP contribution in [0.4, 0.5) is 4.39 Å². The molecule has 6 nitrogen and oxygen atoms in total. The fourth-order valence-electron chi connectivity index (χ4n) is 3.37. The van der Waals surface area contributed by atoms with Gasteiger partial charge in [0.1, 0.15) is 6.10 Å². The van der Waals surface area contributed by atoms with E-state index in [0.29, 0.717) is 32.8 Å². The van der Waals surface area contributed by atoms with Crippen molar-refractivity contribution in [2.24, 2.45) is 0 Å². The monoisotopic (exact) mass is 380 g/mol. The van der Waals surface area contributed by atoms with Crippen LogP contribution in [0.1, 0.15) is 37.8 Å². The zero-order valence-electron chi connectivity index (χ0n) is 16.1. The van der Waals surface area contributed by atoms with Gasteiger partial charge in [0, 0.05) is 39.3 Å². The highest BCUT2D eigenvalue weighted by atomic mass is 19.1. The zero-order chi connectivity index (χ0) is 19.2. The van der Waals surface area contributed by atoms with Crippen LogP contribution in [0.15, 0.2) is 18.2 Å². The summed E-state index contributed by atoms with van der Waals surface area (Å²) in [5, 5.41) is 3.21. The maximum atomic E-state index is 14.1. The average molecular weight is 380 g/mol. The summed E-state index contributed by atoms with van der Waals surface area (Å²) in [6, 6.07) is 4.90. The molecule has 2 atom stereocenters. The van der Waals surface area contributed by atoms with E-state index in [4.69, 9.17) is 14.2 Å². The van der Waals surface area contributed by atoms with Gasteiger partial charge in [-0.05, 0) is 37.5 Å². The van der Waals surface area contributed by atoms with Crippen molar-refractivity contribution in [3.63, 3.8) is 0 Å². The van der Waals surface area contributed by atoms with Crippen LogP contribution in [0.5, 0.6) is 5.75 Å². The van der Waals surface area contributed by atoms with Gasteiger partial charge >= 0.3 is 0 Å². The van der Waals surface area contributed by atoms with Gasteiger partial charge in [-0.25, -0.2) is 4.39 Å². The molecule has 1 aromatic rings. The number of rotatable bonds is 9. The summed E-state index contributed by atoms with van der Waals surface area (Å²) in [5.41, 5.74) is 0.863. The third-order valence-electron chi connectivity index (χ3n) is 5.00. The molecular weight excluding hydrogens is 351 g/mol. The maximum absolute atomic E-state index is 14.1. The van der Waals surface area contributed by atoms with E-state index in [1.807, 2.05) is 11.8 Å². The second-order valence-corrected chi connectivity index (χ2v) is 7.10. The molecule has 0 radical (unpaired) electrons. The second kappa shape index (κ2) is 9.48. The minimum atomic E-state index is -0.452. The van der Waals surface area contributed by atoms with Gasteiger partial charge < -0.3 is 24.4 Å². The molecule has 0 unspecified atom stereocenters. The van der Waals surface area contributed by atoms with Crippen molar-refractivity contribution < 1.29 is 23.4 Å². The summed E-state index contributed by atoms with van der Waals surface area (Å²) in [6.45, 7) is 4.77. The number of ether oxygens (including phenoxy) is 3. The van der Waals surface area contributed by atoms with Crippen LogP contribution in [0.2, 0.25) is 0 Å². The minimum Gasteiger partial charge on any atom is -0.490 e. The Kier molecular flexibility index (Phi) is 7.04. The fraction of sp³-hybridized carbons (Fsp3) is 0.650. The number of benzene rings is 1. The molecule has 1 saturated heterocycles. The quantitative estimate of drug-likeness (QED) is 0.666. The van der Waals surface area contributed by atoms with E-state index < -0.39 is 11.9 Å². The standard InChI is InChI=1S/C20H29FN2O4/c1-14(15-4-7-17(21)18(12-15)26-10-3-9-25-2)23(16-5-6-16)20(24)19-13-22-8-11-27-19/h4,7,12,14,16,19,22H,3,5-6,8-11,13H2,1-2H3/t14-,19+/m0/s1. The van der Waals surface area contributed by atoms with Crippen molar-refractivity contribution in [1.29, 1.82) is 0 Å². The molecular formula is C20H29FN2O4. The number of carbonyl (C=O) groups excluding carboxylic acids is 1. The normalized spacial score (nSPS) is 20.9. The Morgan fingerprint density at radius 1 is 1.41 bits per heavy atom. The summed E-state index contributed by atoms with van der Waals surface area (Å²) in [7, 11) is 1.62. The number of carbonyl (C=O) groups is 1. The minimum absolute atomic E-state index is 0.00379. The summed E-state index contributed by atoms with van der Waals surface area (Å²) in [4.78, 5) is 14.9. The fourth-order valence-corrected chi connectivity index (χ4v) is 3.37. The van der Waals surface area contributed by atoms with Crippen molar-refractivity contribution in [1.82, 2.24) is 10.2 Å². The third-order valence-corrected chi connectivity index (χ3v) is 5.00. The number of halogens is 1. The van der Waals surface area contributed by atoms with Gasteiger partial charge in [-0.1, -0.05) is 6.07 Å². The number of hydrogen-bond acceptors (Lipinski definition) is 5. The molecule has 150 valence electrons. The lowest BCUT2D eigenvalue weighted by atomic mass is 10.0. The van der Waals surface area contributed by atoms with Crippen molar-refractivity contribution >= 4 is 5.91 Å². The number of morpholine rings is 1. The van der Waals surface area contributed by atoms with Crippen LogP contribution in [-0.2, 0) is 14.3 Å². The Bertz CT molecular complexity index is 632. The molecule has 0 aromatic heterocycles. The molecule has 0 spiro atoms. The molecule has 0 bridgehead atoms. The van der Waals surface area contributed by atoms with E-state index in [-0.39, 0.29) is 23.7 Å².